The van der Waals surface area contributed by atoms with Crippen molar-refractivity contribution >= 4 is 0 Å². The number of allylic oxidation sites excluding steroid dienone is 2. The molecule has 4 saturated carbocycles. The summed E-state index contributed by atoms with van der Waals surface area (Å²) in [6, 6.07) is 0. The minimum absolute atomic E-state index is 0.571. The van der Waals surface area contributed by atoms with E-state index in [-0.39, 0.29) is 0 Å². The van der Waals surface area contributed by atoms with Gasteiger partial charge in [-0.25, -0.2) is 0 Å². The largest absolute Gasteiger partial charge is 0.0879 e. The molecule has 124 valence electrons. The molecule has 4 rings (SSSR count). The van der Waals surface area contributed by atoms with Crippen LogP contribution in [0.4, 0.5) is 0 Å². The highest BCUT2D eigenvalue weighted by molar-refractivity contribution is 5.23. The van der Waals surface area contributed by atoms with Crippen molar-refractivity contribution in [3.63, 3.8) is 0 Å². The van der Waals surface area contributed by atoms with Crippen molar-refractivity contribution < 1.29 is 0 Å². The summed E-state index contributed by atoms with van der Waals surface area (Å²) < 4.78 is 0. The molecule has 0 amide bonds. The van der Waals surface area contributed by atoms with Crippen molar-refractivity contribution in [1.29, 1.82) is 0 Å². The SMILES string of the molecule is C/C=C1/CCC2C3CCC4C[C@@H](C)CC[C@]4(C)C3CC[C@]12C. The standard InChI is InChI=1S/C22H36/c1-5-16-7-9-19-18-8-6-17-14-15(2)10-12-22(17,4)20(18)11-13-21(16,19)3/h5,15,17-20H,6-14H2,1-4H3/b16-5-/t15-,17?,18?,19?,20?,21+,22-/m0/s1. The monoisotopic (exact) mass is 300 g/mol. The van der Waals surface area contributed by atoms with Crippen molar-refractivity contribution in [1.82, 2.24) is 0 Å². The Kier molecular flexibility index (Phi) is 3.55. The van der Waals surface area contributed by atoms with Gasteiger partial charge in [0.1, 0.15) is 0 Å². The molecule has 0 nitrogen and oxygen atoms in total. The van der Waals surface area contributed by atoms with Gasteiger partial charge in [0.05, 0.1) is 0 Å². The summed E-state index contributed by atoms with van der Waals surface area (Å²) in [5, 5.41) is 0. The van der Waals surface area contributed by atoms with E-state index in [9.17, 15) is 0 Å². The highest BCUT2D eigenvalue weighted by Gasteiger charge is 2.58. The minimum Gasteiger partial charge on any atom is -0.0879 e. The highest BCUT2D eigenvalue weighted by atomic mass is 14.6. The molecule has 0 aromatic rings. The van der Waals surface area contributed by atoms with Gasteiger partial charge in [0.15, 0.2) is 0 Å². The molecular weight excluding hydrogens is 264 g/mol. The Bertz CT molecular complexity index is 474. The van der Waals surface area contributed by atoms with Crippen LogP contribution in [0.25, 0.3) is 0 Å². The van der Waals surface area contributed by atoms with Gasteiger partial charge < -0.3 is 0 Å². The fraction of sp³-hybridized carbons (Fsp3) is 0.909. The van der Waals surface area contributed by atoms with E-state index in [0.29, 0.717) is 10.8 Å². The van der Waals surface area contributed by atoms with E-state index in [4.69, 9.17) is 0 Å². The van der Waals surface area contributed by atoms with E-state index in [1.165, 1.54) is 44.9 Å². The average Bonchev–Trinajstić information content (AvgIpc) is 2.84. The quantitative estimate of drug-likeness (QED) is 0.441. The Hall–Kier alpha value is -0.260. The fourth-order valence-electron chi connectivity index (χ4n) is 7.79. The molecule has 0 aliphatic heterocycles. The second-order valence-electron chi connectivity index (χ2n) is 9.85. The Morgan fingerprint density at radius 3 is 2.55 bits per heavy atom. The third-order valence-electron chi connectivity index (χ3n) is 9.12. The zero-order valence-corrected chi connectivity index (χ0v) is 15.3. The zero-order chi connectivity index (χ0) is 15.5. The first-order valence-electron chi connectivity index (χ1n) is 10.1. The Labute approximate surface area is 138 Å². The summed E-state index contributed by atoms with van der Waals surface area (Å²) in [7, 11) is 0. The first kappa shape index (κ1) is 15.3. The van der Waals surface area contributed by atoms with Crippen LogP contribution in [0.15, 0.2) is 11.6 Å². The van der Waals surface area contributed by atoms with Crippen molar-refractivity contribution in [2.24, 2.45) is 40.4 Å². The highest BCUT2D eigenvalue weighted by Crippen LogP contribution is 2.67. The third kappa shape index (κ3) is 1.94. The fourth-order valence-corrected chi connectivity index (χ4v) is 7.79. The summed E-state index contributed by atoms with van der Waals surface area (Å²) in [6.07, 6.45) is 16.0. The molecule has 0 N–H and O–H groups in total. The second-order valence-corrected chi connectivity index (χ2v) is 9.85. The van der Waals surface area contributed by atoms with Crippen LogP contribution in [-0.2, 0) is 0 Å². The van der Waals surface area contributed by atoms with Crippen LogP contribution < -0.4 is 0 Å². The molecule has 0 bridgehead atoms. The summed E-state index contributed by atoms with van der Waals surface area (Å²) in [4.78, 5) is 0. The van der Waals surface area contributed by atoms with Crippen LogP contribution in [0.3, 0.4) is 0 Å². The van der Waals surface area contributed by atoms with Crippen LogP contribution in [0.5, 0.6) is 0 Å². The molecule has 4 aliphatic carbocycles. The molecule has 0 aromatic carbocycles. The summed E-state index contributed by atoms with van der Waals surface area (Å²) in [6.45, 7) is 10.1. The summed E-state index contributed by atoms with van der Waals surface area (Å²) in [5.41, 5.74) is 3.07. The van der Waals surface area contributed by atoms with E-state index >= 15 is 0 Å². The lowest BCUT2D eigenvalue weighted by Crippen LogP contribution is -2.52. The molecule has 0 radical (unpaired) electrons. The summed E-state index contributed by atoms with van der Waals surface area (Å²) >= 11 is 0. The molecule has 0 spiro atoms. The molecule has 0 aromatic heterocycles. The molecule has 4 aliphatic rings. The first-order chi connectivity index (χ1) is 10.5. The first-order valence-corrected chi connectivity index (χ1v) is 10.1. The normalized spacial score (nSPS) is 56.4. The zero-order valence-electron chi connectivity index (χ0n) is 15.3. The molecule has 0 heteroatoms. The molecule has 4 unspecified atom stereocenters. The van der Waals surface area contributed by atoms with Crippen molar-refractivity contribution in [3.05, 3.63) is 11.6 Å². The molecule has 22 heavy (non-hydrogen) atoms. The molecule has 7 atom stereocenters. The maximum atomic E-state index is 2.70. The minimum atomic E-state index is 0.571. The number of hydrogen-bond acceptors (Lipinski definition) is 0. The van der Waals surface area contributed by atoms with Gasteiger partial charge in [-0.2, -0.15) is 0 Å². The summed E-state index contributed by atoms with van der Waals surface area (Å²) in [5.74, 6) is 5.14. The number of hydrogen-bond donors (Lipinski definition) is 0. The van der Waals surface area contributed by atoms with Gasteiger partial charge in [0.25, 0.3) is 0 Å². The van der Waals surface area contributed by atoms with E-state index in [1.807, 2.05) is 0 Å². The van der Waals surface area contributed by atoms with Gasteiger partial charge in [0, 0.05) is 0 Å². The van der Waals surface area contributed by atoms with E-state index in [1.54, 1.807) is 18.4 Å². The average molecular weight is 301 g/mol. The Morgan fingerprint density at radius 1 is 0.955 bits per heavy atom. The lowest BCUT2D eigenvalue weighted by molar-refractivity contribution is -0.105. The van der Waals surface area contributed by atoms with E-state index in [2.05, 4.69) is 33.8 Å². The number of fused-ring (bicyclic) bond motifs is 5. The maximum Gasteiger partial charge on any atom is -0.00853 e. The van der Waals surface area contributed by atoms with Gasteiger partial charge in [-0.05, 0) is 98.7 Å². The molecule has 4 fully saturated rings. The topological polar surface area (TPSA) is 0 Å². The van der Waals surface area contributed by atoms with Gasteiger partial charge >= 0.3 is 0 Å². The molecular formula is C22H36. The van der Waals surface area contributed by atoms with E-state index in [0.717, 1.165) is 29.6 Å². The molecule has 0 saturated heterocycles. The van der Waals surface area contributed by atoms with Crippen molar-refractivity contribution in [2.45, 2.75) is 85.5 Å². The lowest BCUT2D eigenvalue weighted by atomic mass is 9.44. The lowest BCUT2D eigenvalue weighted by Gasteiger charge is -2.60. The van der Waals surface area contributed by atoms with Crippen molar-refractivity contribution in [2.75, 3.05) is 0 Å². The smallest absolute Gasteiger partial charge is 0.00853 e. The van der Waals surface area contributed by atoms with Crippen LogP contribution in [-0.4, -0.2) is 0 Å². The predicted molar refractivity (Wildman–Crippen MR) is 94.6 cm³/mol. The van der Waals surface area contributed by atoms with Crippen molar-refractivity contribution in [3.8, 4) is 0 Å². The second kappa shape index (κ2) is 5.12. The van der Waals surface area contributed by atoms with Crippen LogP contribution in [0.2, 0.25) is 0 Å². The molecule has 0 heterocycles. The number of rotatable bonds is 0. The third-order valence-corrected chi connectivity index (χ3v) is 9.12. The predicted octanol–water partition coefficient (Wildman–Crippen LogP) is 6.61. The van der Waals surface area contributed by atoms with Gasteiger partial charge in [-0.15, -0.1) is 0 Å². The van der Waals surface area contributed by atoms with Crippen LogP contribution in [0.1, 0.15) is 85.5 Å². The van der Waals surface area contributed by atoms with Gasteiger partial charge in [-0.1, -0.05) is 38.8 Å². The van der Waals surface area contributed by atoms with Crippen LogP contribution >= 0.6 is 0 Å². The van der Waals surface area contributed by atoms with Crippen LogP contribution in [0, 0.1) is 40.4 Å². The Balaban J connectivity index is 1.63. The maximum absolute atomic E-state index is 2.70. The van der Waals surface area contributed by atoms with Gasteiger partial charge in [0.2, 0.25) is 0 Å². The van der Waals surface area contributed by atoms with Gasteiger partial charge in [-0.3, -0.25) is 0 Å². The Morgan fingerprint density at radius 2 is 1.77 bits per heavy atom. The van der Waals surface area contributed by atoms with E-state index < -0.39 is 0 Å².